The number of para-hydroxylation sites is 1. The molecule has 1 aliphatic rings. The van der Waals surface area contributed by atoms with E-state index in [4.69, 9.17) is 4.42 Å². The van der Waals surface area contributed by atoms with Crippen molar-refractivity contribution in [1.29, 1.82) is 0 Å². The molecule has 42 heavy (non-hydrogen) atoms. The molecule has 7 aromatic rings. The molecule has 0 amide bonds. The molecule has 0 fully saturated rings. The van der Waals surface area contributed by atoms with Gasteiger partial charge in [-0.3, -0.25) is 0 Å². The SMILES string of the molecule is Fc1c(-c2ncnc3c2oc2ccccc23)c(F)c2c(F)c(F)c(-c3ncnc4c3Cc3ccccc3-4)c(F)c2c1F. The predicted molar refractivity (Wildman–Crippen MR) is 141 cm³/mol. The smallest absolute Gasteiger partial charge is 0.180 e. The van der Waals surface area contributed by atoms with Crippen LogP contribution in [0.15, 0.2) is 65.6 Å². The van der Waals surface area contributed by atoms with E-state index in [2.05, 4.69) is 19.9 Å². The van der Waals surface area contributed by atoms with E-state index in [0.717, 1.165) is 18.2 Å². The van der Waals surface area contributed by atoms with Gasteiger partial charge >= 0.3 is 0 Å². The van der Waals surface area contributed by atoms with Crippen LogP contribution in [0.5, 0.6) is 0 Å². The summed E-state index contributed by atoms with van der Waals surface area (Å²) in [4.78, 5) is 16.1. The highest BCUT2D eigenvalue weighted by Crippen LogP contribution is 2.45. The summed E-state index contributed by atoms with van der Waals surface area (Å²) in [7, 11) is 0. The lowest BCUT2D eigenvalue weighted by Crippen LogP contribution is -2.08. The van der Waals surface area contributed by atoms with Crippen molar-refractivity contribution in [3.05, 3.63) is 107 Å². The molecule has 0 radical (unpaired) electrons. The molecule has 3 heterocycles. The highest BCUT2D eigenvalue weighted by atomic mass is 19.2. The first-order chi connectivity index (χ1) is 20.4. The molecule has 0 saturated heterocycles. The number of furan rings is 1. The lowest BCUT2D eigenvalue weighted by atomic mass is 9.95. The monoisotopic (exact) mass is 570 g/mol. The first-order valence-corrected chi connectivity index (χ1v) is 12.6. The summed E-state index contributed by atoms with van der Waals surface area (Å²) in [5.41, 5.74) is -0.787. The highest BCUT2D eigenvalue weighted by molar-refractivity contribution is 6.07. The zero-order chi connectivity index (χ0) is 28.9. The van der Waals surface area contributed by atoms with Crippen molar-refractivity contribution in [3.8, 4) is 33.8 Å². The molecule has 0 saturated carbocycles. The summed E-state index contributed by atoms with van der Waals surface area (Å²) >= 11 is 0. The quantitative estimate of drug-likeness (QED) is 0.155. The van der Waals surface area contributed by atoms with Crippen LogP contribution < -0.4 is 0 Å². The molecule has 0 bridgehead atoms. The van der Waals surface area contributed by atoms with Gasteiger partial charge in [-0.2, -0.15) is 0 Å². The molecule has 204 valence electrons. The Kier molecular flexibility index (Phi) is 5.01. The average molecular weight is 570 g/mol. The van der Waals surface area contributed by atoms with E-state index in [1.54, 1.807) is 48.5 Å². The van der Waals surface area contributed by atoms with Crippen LogP contribution in [0, 0.1) is 34.9 Å². The second-order valence-corrected chi connectivity index (χ2v) is 9.77. The van der Waals surface area contributed by atoms with E-state index < -0.39 is 62.5 Å². The van der Waals surface area contributed by atoms with E-state index >= 15 is 26.3 Å². The van der Waals surface area contributed by atoms with Crippen LogP contribution in [0.25, 0.3) is 66.6 Å². The molecule has 0 atom stereocenters. The molecule has 3 aromatic heterocycles. The van der Waals surface area contributed by atoms with Crippen LogP contribution in [-0.4, -0.2) is 19.9 Å². The van der Waals surface area contributed by atoms with E-state index in [0.29, 0.717) is 22.2 Å². The van der Waals surface area contributed by atoms with Gasteiger partial charge in [0.15, 0.2) is 28.9 Å². The minimum absolute atomic E-state index is 0.154. The third kappa shape index (κ3) is 3.10. The number of rotatable bonds is 2. The van der Waals surface area contributed by atoms with Gasteiger partial charge < -0.3 is 4.42 Å². The largest absolute Gasteiger partial charge is 0.452 e. The third-order valence-electron chi connectivity index (χ3n) is 7.61. The van der Waals surface area contributed by atoms with Crippen LogP contribution in [0.1, 0.15) is 11.1 Å². The van der Waals surface area contributed by atoms with Crippen LogP contribution in [0.3, 0.4) is 0 Å². The number of fused-ring (bicyclic) bond motifs is 7. The third-order valence-corrected chi connectivity index (χ3v) is 7.61. The molecule has 4 aromatic carbocycles. The van der Waals surface area contributed by atoms with Crippen molar-refractivity contribution < 1.29 is 30.8 Å². The van der Waals surface area contributed by atoms with E-state index in [1.807, 2.05) is 0 Å². The van der Waals surface area contributed by atoms with Gasteiger partial charge in [0.25, 0.3) is 0 Å². The maximum Gasteiger partial charge on any atom is 0.180 e. The summed E-state index contributed by atoms with van der Waals surface area (Å²) in [5, 5.41) is -2.34. The van der Waals surface area contributed by atoms with Gasteiger partial charge in [0.2, 0.25) is 0 Å². The Labute approximate surface area is 231 Å². The average Bonchev–Trinajstić information content (AvgIpc) is 3.57. The molecule has 0 N–H and O–H groups in total. The molecule has 11 heteroatoms. The normalized spacial score (nSPS) is 12.4. The van der Waals surface area contributed by atoms with E-state index in [9.17, 15) is 0 Å². The molecule has 0 unspecified atom stereocenters. The standard InChI is InChI=1S/C31H12F6N4O/c32-21-17-18(23(34)25(36)19(21)28-15-9-12-5-1-2-6-13(12)27(15)38-10-39-28)22(33)20(26(37)24(17)35)30-31-29(40-11-41-30)14-7-3-4-8-16(14)42-31/h1-8,10-11H,9H2. The molecule has 0 aliphatic heterocycles. The molecule has 8 rings (SSSR count). The van der Waals surface area contributed by atoms with Gasteiger partial charge in [0.1, 0.15) is 41.1 Å². The molecule has 1 aliphatic carbocycles. The van der Waals surface area contributed by atoms with E-state index in [1.165, 1.54) is 0 Å². The number of halogens is 6. The van der Waals surface area contributed by atoms with Crippen LogP contribution in [0.2, 0.25) is 0 Å². The fourth-order valence-corrected chi connectivity index (χ4v) is 5.75. The number of hydrogen-bond donors (Lipinski definition) is 0. The molecular weight excluding hydrogens is 558 g/mol. The zero-order valence-electron chi connectivity index (χ0n) is 20.9. The first kappa shape index (κ1) is 24.5. The summed E-state index contributed by atoms with van der Waals surface area (Å²) in [6, 6.07) is 13.6. The van der Waals surface area contributed by atoms with Crippen molar-refractivity contribution in [2.45, 2.75) is 6.42 Å². The zero-order valence-corrected chi connectivity index (χ0v) is 20.9. The molecule has 0 spiro atoms. The maximum absolute atomic E-state index is 16.1. The topological polar surface area (TPSA) is 64.7 Å². The first-order valence-electron chi connectivity index (χ1n) is 12.6. The number of benzene rings is 4. The van der Waals surface area contributed by atoms with Crippen LogP contribution in [0.4, 0.5) is 26.3 Å². The van der Waals surface area contributed by atoms with Gasteiger partial charge in [-0.1, -0.05) is 36.4 Å². The molecular formula is C31H12F6N4O. The van der Waals surface area contributed by atoms with Crippen molar-refractivity contribution in [2.24, 2.45) is 0 Å². The second kappa shape index (κ2) is 8.59. The van der Waals surface area contributed by atoms with Gasteiger partial charge in [-0.05, 0) is 17.7 Å². The summed E-state index contributed by atoms with van der Waals surface area (Å²) in [5.74, 6) is -11.0. The summed E-state index contributed by atoms with van der Waals surface area (Å²) in [6.07, 6.45) is 2.16. The van der Waals surface area contributed by atoms with Gasteiger partial charge in [0, 0.05) is 22.9 Å². The van der Waals surface area contributed by atoms with Crippen LogP contribution in [-0.2, 0) is 6.42 Å². The van der Waals surface area contributed by atoms with Gasteiger partial charge in [-0.15, -0.1) is 0 Å². The minimum Gasteiger partial charge on any atom is -0.452 e. The van der Waals surface area contributed by atoms with Crippen molar-refractivity contribution in [3.63, 3.8) is 0 Å². The highest BCUT2D eigenvalue weighted by Gasteiger charge is 2.35. The number of hydrogen-bond acceptors (Lipinski definition) is 5. The van der Waals surface area contributed by atoms with Gasteiger partial charge in [0.05, 0.1) is 33.3 Å². The van der Waals surface area contributed by atoms with Crippen molar-refractivity contribution in [2.75, 3.05) is 0 Å². The number of aromatic nitrogens is 4. The Morgan fingerprint density at radius 1 is 0.571 bits per heavy atom. The Hall–Kier alpha value is -5.32. The predicted octanol–water partition coefficient (Wildman–Crippen LogP) is 8.06. The Morgan fingerprint density at radius 2 is 1.17 bits per heavy atom. The lowest BCUT2D eigenvalue weighted by molar-refractivity contribution is 0.485. The van der Waals surface area contributed by atoms with Gasteiger partial charge in [-0.25, -0.2) is 46.3 Å². The Morgan fingerprint density at radius 3 is 1.93 bits per heavy atom. The van der Waals surface area contributed by atoms with E-state index in [-0.39, 0.29) is 28.8 Å². The minimum atomic E-state index is -1.93. The summed E-state index contributed by atoms with van der Waals surface area (Å²) < 4.78 is 101. The lowest BCUT2D eigenvalue weighted by Gasteiger charge is -2.15. The fourth-order valence-electron chi connectivity index (χ4n) is 5.75. The van der Waals surface area contributed by atoms with Crippen molar-refractivity contribution in [1.82, 2.24) is 19.9 Å². The second-order valence-electron chi connectivity index (χ2n) is 9.77. The Balaban J connectivity index is 1.42. The molecule has 5 nitrogen and oxygen atoms in total. The van der Waals surface area contributed by atoms with Crippen LogP contribution >= 0.6 is 0 Å². The fraction of sp³-hybridized carbons (Fsp3) is 0.0323. The number of nitrogens with zero attached hydrogens (tertiary/aromatic N) is 4. The maximum atomic E-state index is 16.1. The Bertz CT molecular complexity index is 2320. The summed E-state index contributed by atoms with van der Waals surface area (Å²) in [6.45, 7) is 0. The van der Waals surface area contributed by atoms with Crippen molar-refractivity contribution >= 4 is 32.8 Å².